The lowest BCUT2D eigenvalue weighted by Crippen LogP contribution is -2.17. The van der Waals surface area contributed by atoms with E-state index < -0.39 is 5.91 Å². The van der Waals surface area contributed by atoms with Crippen LogP contribution in [0.4, 0.5) is 0 Å². The molecular formula is C21H19BrN2O4. The first-order valence-electron chi connectivity index (χ1n) is 8.59. The highest BCUT2D eigenvalue weighted by Crippen LogP contribution is 2.36. The molecule has 0 radical (unpaired) electrons. The zero-order valence-corrected chi connectivity index (χ0v) is 17.0. The van der Waals surface area contributed by atoms with Crippen LogP contribution >= 0.6 is 15.9 Å². The Morgan fingerprint density at radius 1 is 1.21 bits per heavy atom. The molecule has 0 heterocycles. The number of phenols is 1. The number of amides is 1. The summed E-state index contributed by atoms with van der Waals surface area (Å²) in [5.74, 6) is 0.553. The van der Waals surface area contributed by atoms with E-state index in [9.17, 15) is 9.90 Å². The first-order valence-corrected chi connectivity index (χ1v) is 9.38. The maximum Gasteiger partial charge on any atom is 0.275 e. The number of phenolic OH excluding ortho intramolecular Hbond substituents is 1. The van der Waals surface area contributed by atoms with Gasteiger partial charge in [-0.25, -0.2) is 5.43 Å². The summed E-state index contributed by atoms with van der Waals surface area (Å²) in [6.07, 6.45) is 1.49. The molecule has 7 heteroatoms. The van der Waals surface area contributed by atoms with Gasteiger partial charge in [-0.1, -0.05) is 24.3 Å². The molecule has 144 valence electrons. The molecule has 0 aliphatic rings. The van der Waals surface area contributed by atoms with Crippen molar-refractivity contribution in [3.05, 3.63) is 64.1 Å². The summed E-state index contributed by atoms with van der Waals surface area (Å²) in [7, 11) is 1.55. The van der Waals surface area contributed by atoms with Crippen LogP contribution in [-0.4, -0.2) is 30.9 Å². The maximum atomic E-state index is 12.4. The summed E-state index contributed by atoms with van der Waals surface area (Å²) in [6, 6.07) is 14.2. The minimum Gasteiger partial charge on any atom is -0.507 e. The van der Waals surface area contributed by atoms with Crippen LogP contribution in [0.15, 0.2) is 58.1 Å². The number of methoxy groups -OCH3 is 1. The number of benzene rings is 3. The molecule has 3 aromatic carbocycles. The smallest absolute Gasteiger partial charge is 0.275 e. The number of ether oxygens (including phenoxy) is 2. The van der Waals surface area contributed by atoms with E-state index in [1.54, 1.807) is 31.4 Å². The van der Waals surface area contributed by atoms with Crippen molar-refractivity contribution in [2.24, 2.45) is 5.10 Å². The molecule has 0 bridgehead atoms. The summed E-state index contributed by atoms with van der Waals surface area (Å²) in [5.41, 5.74) is 3.29. The summed E-state index contributed by atoms with van der Waals surface area (Å²) in [6.45, 7) is 2.40. The number of aromatic hydroxyl groups is 1. The highest BCUT2D eigenvalue weighted by molar-refractivity contribution is 9.10. The molecule has 0 aliphatic heterocycles. The average Bonchev–Trinajstić information content (AvgIpc) is 2.69. The van der Waals surface area contributed by atoms with E-state index in [1.807, 2.05) is 31.2 Å². The lowest BCUT2D eigenvalue weighted by atomic mass is 10.1. The minimum atomic E-state index is -0.503. The van der Waals surface area contributed by atoms with Crippen LogP contribution in [0.2, 0.25) is 0 Å². The largest absolute Gasteiger partial charge is 0.507 e. The van der Waals surface area contributed by atoms with E-state index in [-0.39, 0.29) is 11.3 Å². The number of halogens is 1. The number of hydrogen-bond acceptors (Lipinski definition) is 5. The average molecular weight is 443 g/mol. The molecule has 0 saturated heterocycles. The third-order valence-corrected chi connectivity index (χ3v) is 4.62. The molecule has 0 aromatic heterocycles. The molecule has 1 amide bonds. The molecule has 0 spiro atoms. The van der Waals surface area contributed by atoms with Crippen molar-refractivity contribution in [2.45, 2.75) is 6.92 Å². The first kappa shape index (κ1) is 19.7. The number of nitrogens with one attached hydrogen (secondary N) is 1. The Hall–Kier alpha value is -3.06. The Balaban J connectivity index is 1.78. The standard InChI is InChI=1S/C21H19BrN2O4/c1-3-28-20-17(22)8-13(9-19(20)27-2)12-23-24-21(26)16-10-14-6-4-5-7-15(14)11-18(16)25/h4-12,25H,3H2,1-2H3,(H,24,26). The van der Waals surface area contributed by atoms with Crippen molar-refractivity contribution in [1.82, 2.24) is 5.43 Å². The van der Waals surface area contributed by atoms with Gasteiger partial charge in [0.15, 0.2) is 11.5 Å². The third kappa shape index (κ3) is 4.26. The van der Waals surface area contributed by atoms with Crippen molar-refractivity contribution >= 4 is 38.8 Å². The van der Waals surface area contributed by atoms with Gasteiger partial charge in [0, 0.05) is 0 Å². The van der Waals surface area contributed by atoms with E-state index in [1.165, 1.54) is 6.21 Å². The predicted molar refractivity (Wildman–Crippen MR) is 113 cm³/mol. The van der Waals surface area contributed by atoms with E-state index in [0.717, 1.165) is 10.8 Å². The highest BCUT2D eigenvalue weighted by atomic mass is 79.9. The number of carbonyl (C=O) groups excluding carboxylic acids is 1. The second kappa shape index (κ2) is 8.75. The Morgan fingerprint density at radius 2 is 1.93 bits per heavy atom. The lowest BCUT2D eigenvalue weighted by Gasteiger charge is -2.12. The van der Waals surface area contributed by atoms with Crippen LogP contribution in [0.1, 0.15) is 22.8 Å². The van der Waals surface area contributed by atoms with Gasteiger partial charge < -0.3 is 14.6 Å². The van der Waals surface area contributed by atoms with Crippen molar-refractivity contribution in [2.75, 3.05) is 13.7 Å². The van der Waals surface area contributed by atoms with Gasteiger partial charge in [-0.05, 0) is 63.5 Å². The van der Waals surface area contributed by atoms with Crippen molar-refractivity contribution in [3.63, 3.8) is 0 Å². The van der Waals surface area contributed by atoms with Gasteiger partial charge in [0.05, 0.1) is 30.0 Å². The second-order valence-electron chi connectivity index (χ2n) is 5.88. The summed E-state index contributed by atoms with van der Waals surface area (Å²) in [5, 5.41) is 15.8. The van der Waals surface area contributed by atoms with Gasteiger partial charge in [0.25, 0.3) is 5.91 Å². The van der Waals surface area contributed by atoms with Crippen LogP contribution in [0.5, 0.6) is 17.2 Å². The van der Waals surface area contributed by atoms with Crippen LogP contribution in [0.3, 0.4) is 0 Å². The fourth-order valence-corrected chi connectivity index (χ4v) is 3.31. The zero-order chi connectivity index (χ0) is 20.1. The summed E-state index contributed by atoms with van der Waals surface area (Å²) >= 11 is 3.44. The molecule has 6 nitrogen and oxygen atoms in total. The van der Waals surface area contributed by atoms with E-state index in [4.69, 9.17) is 9.47 Å². The molecule has 0 fully saturated rings. The topological polar surface area (TPSA) is 80.2 Å². The molecule has 0 saturated carbocycles. The van der Waals surface area contributed by atoms with Crippen molar-refractivity contribution in [3.8, 4) is 17.2 Å². The van der Waals surface area contributed by atoms with Gasteiger partial charge in [0.1, 0.15) is 5.75 Å². The number of nitrogens with zero attached hydrogens (tertiary/aromatic N) is 1. The maximum absolute atomic E-state index is 12.4. The van der Waals surface area contributed by atoms with Crippen LogP contribution < -0.4 is 14.9 Å². The lowest BCUT2D eigenvalue weighted by molar-refractivity contribution is 0.0952. The minimum absolute atomic E-state index is 0.100. The Morgan fingerprint density at radius 3 is 2.61 bits per heavy atom. The molecule has 0 atom stereocenters. The fraction of sp³-hybridized carbons (Fsp3) is 0.143. The van der Waals surface area contributed by atoms with Gasteiger partial charge in [-0.15, -0.1) is 0 Å². The van der Waals surface area contributed by atoms with Gasteiger partial charge in [-0.2, -0.15) is 5.10 Å². The SMILES string of the molecule is CCOc1c(Br)cc(C=NNC(=O)c2cc3ccccc3cc2O)cc1OC. The zero-order valence-electron chi connectivity index (χ0n) is 15.4. The Bertz CT molecular complexity index is 1050. The number of carbonyl (C=O) groups is 1. The van der Waals surface area contributed by atoms with E-state index >= 15 is 0 Å². The number of hydrazone groups is 1. The second-order valence-corrected chi connectivity index (χ2v) is 6.74. The molecule has 2 N–H and O–H groups in total. The van der Waals surface area contributed by atoms with Crippen LogP contribution in [-0.2, 0) is 0 Å². The number of rotatable bonds is 6. The quantitative estimate of drug-likeness (QED) is 0.435. The number of hydrogen-bond donors (Lipinski definition) is 2. The summed E-state index contributed by atoms with van der Waals surface area (Å²) < 4.78 is 11.6. The third-order valence-electron chi connectivity index (χ3n) is 4.03. The molecule has 0 unspecified atom stereocenters. The molecular weight excluding hydrogens is 424 g/mol. The summed E-state index contributed by atoms with van der Waals surface area (Å²) in [4.78, 5) is 12.4. The van der Waals surface area contributed by atoms with Gasteiger partial charge in [-0.3, -0.25) is 4.79 Å². The van der Waals surface area contributed by atoms with E-state index in [2.05, 4.69) is 26.5 Å². The molecule has 28 heavy (non-hydrogen) atoms. The van der Waals surface area contributed by atoms with Crippen LogP contribution in [0.25, 0.3) is 10.8 Å². The first-order chi connectivity index (χ1) is 13.5. The fourth-order valence-electron chi connectivity index (χ4n) is 2.73. The molecule has 3 rings (SSSR count). The monoisotopic (exact) mass is 442 g/mol. The van der Waals surface area contributed by atoms with Gasteiger partial charge >= 0.3 is 0 Å². The Labute approximate surface area is 170 Å². The molecule has 0 aliphatic carbocycles. The highest BCUT2D eigenvalue weighted by Gasteiger charge is 2.13. The van der Waals surface area contributed by atoms with Crippen molar-refractivity contribution in [1.29, 1.82) is 0 Å². The van der Waals surface area contributed by atoms with E-state index in [0.29, 0.717) is 28.1 Å². The van der Waals surface area contributed by atoms with Gasteiger partial charge in [0.2, 0.25) is 0 Å². The number of fused-ring (bicyclic) bond motifs is 1. The predicted octanol–water partition coefficient (Wildman–Crippen LogP) is 4.48. The Kier molecular flexibility index (Phi) is 6.16. The normalized spacial score (nSPS) is 11.0. The molecule has 3 aromatic rings. The van der Waals surface area contributed by atoms with Crippen molar-refractivity contribution < 1.29 is 19.4 Å². The van der Waals surface area contributed by atoms with Crippen LogP contribution in [0, 0.1) is 0 Å².